The Hall–Kier alpha value is -1.63. The van der Waals surface area contributed by atoms with E-state index < -0.39 is 29.0 Å². The van der Waals surface area contributed by atoms with E-state index in [0.29, 0.717) is 6.07 Å². The Morgan fingerprint density at radius 3 is 2.35 bits per heavy atom. The largest absolute Gasteiger partial charge is 0.418 e. The standard InChI is InChI=1S/C13H13F4NO2/c1-8(19)9-6-10(13(15,16)17)12(11(14)7-9)18-2-4-20-5-3-18/h6-7H,2-5H2,1H3. The van der Waals surface area contributed by atoms with Gasteiger partial charge in [-0.3, -0.25) is 4.79 Å². The minimum atomic E-state index is -4.72. The molecule has 0 unspecified atom stereocenters. The van der Waals surface area contributed by atoms with Gasteiger partial charge < -0.3 is 9.64 Å². The molecular weight excluding hydrogens is 278 g/mol. The van der Waals surface area contributed by atoms with Gasteiger partial charge in [-0.1, -0.05) is 0 Å². The second kappa shape index (κ2) is 5.40. The molecule has 20 heavy (non-hydrogen) atoms. The number of hydrogen-bond donors (Lipinski definition) is 0. The van der Waals surface area contributed by atoms with Crippen molar-refractivity contribution in [1.82, 2.24) is 0 Å². The van der Waals surface area contributed by atoms with E-state index in [-0.39, 0.29) is 31.9 Å². The third kappa shape index (κ3) is 2.92. The van der Waals surface area contributed by atoms with E-state index in [2.05, 4.69) is 0 Å². The van der Waals surface area contributed by atoms with Gasteiger partial charge in [0.15, 0.2) is 5.78 Å². The number of halogens is 4. The molecule has 1 fully saturated rings. The highest BCUT2D eigenvalue weighted by Crippen LogP contribution is 2.39. The van der Waals surface area contributed by atoms with Gasteiger partial charge in [-0.05, 0) is 19.1 Å². The molecule has 0 amide bonds. The van der Waals surface area contributed by atoms with Crippen molar-refractivity contribution in [3.63, 3.8) is 0 Å². The van der Waals surface area contributed by atoms with Crippen molar-refractivity contribution < 1.29 is 27.1 Å². The predicted octanol–water partition coefficient (Wildman–Crippen LogP) is 2.88. The number of hydrogen-bond acceptors (Lipinski definition) is 3. The number of alkyl halides is 3. The number of nitrogens with zero attached hydrogens (tertiary/aromatic N) is 1. The van der Waals surface area contributed by atoms with Crippen LogP contribution in [-0.4, -0.2) is 32.1 Å². The van der Waals surface area contributed by atoms with Crippen molar-refractivity contribution in [3.05, 3.63) is 29.1 Å². The highest BCUT2D eigenvalue weighted by atomic mass is 19.4. The number of ketones is 1. The molecule has 3 nitrogen and oxygen atoms in total. The fourth-order valence-electron chi connectivity index (χ4n) is 2.13. The average molecular weight is 291 g/mol. The Bertz CT molecular complexity index is 522. The Labute approximate surface area is 113 Å². The summed E-state index contributed by atoms with van der Waals surface area (Å²) in [5.74, 6) is -1.64. The lowest BCUT2D eigenvalue weighted by Crippen LogP contribution is -2.38. The number of Topliss-reactive ketones (excluding diaryl/α,β-unsaturated/α-hetero) is 1. The smallest absolute Gasteiger partial charge is 0.378 e. The highest BCUT2D eigenvalue weighted by molar-refractivity contribution is 5.95. The lowest BCUT2D eigenvalue weighted by Gasteiger charge is -2.31. The van der Waals surface area contributed by atoms with Crippen molar-refractivity contribution in [2.45, 2.75) is 13.1 Å². The van der Waals surface area contributed by atoms with Crippen LogP contribution in [0.2, 0.25) is 0 Å². The number of rotatable bonds is 2. The normalized spacial score (nSPS) is 16.4. The quantitative estimate of drug-likeness (QED) is 0.620. The van der Waals surface area contributed by atoms with Gasteiger partial charge in [0.1, 0.15) is 5.82 Å². The fraction of sp³-hybridized carbons (Fsp3) is 0.462. The summed E-state index contributed by atoms with van der Waals surface area (Å²) >= 11 is 0. The van der Waals surface area contributed by atoms with Crippen molar-refractivity contribution in [3.8, 4) is 0 Å². The van der Waals surface area contributed by atoms with Crippen LogP contribution in [0, 0.1) is 5.82 Å². The Balaban J connectivity index is 2.56. The molecule has 0 saturated carbocycles. The molecule has 110 valence electrons. The second-order valence-corrected chi connectivity index (χ2v) is 4.51. The van der Waals surface area contributed by atoms with Crippen LogP contribution < -0.4 is 4.90 Å². The van der Waals surface area contributed by atoms with Crippen molar-refractivity contribution in [2.75, 3.05) is 31.2 Å². The SMILES string of the molecule is CC(=O)c1cc(F)c(N2CCOCC2)c(C(F)(F)F)c1. The zero-order valence-electron chi connectivity index (χ0n) is 10.8. The molecule has 0 atom stereocenters. The third-order valence-corrected chi connectivity index (χ3v) is 3.10. The summed E-state index contributed by atoms with van der Waals surface area (Å²) in [5.41, 5.74) is -1.91. The first-order valence-electron chi connectivity index (χ1n) is 6.05. The molecular formula is C13H13F4NO2. The summed E-state index contributed by atoms with van der Waals surface area (Å²) in [4.78, 5) is 12.5. The number of ether oxygens (including phenoxy) is 1. The molecule has 7 heteroatoms. The zero-order valence-corrected chi connectivity index (χ0v) is 10.8. The maximum atomic E-state index is 14.1. The summed E-state index contributed by atoms with van der Waals surface area (Å²) in [7, 11) is 0. The number of benzene rings is 1. The maximum Gasteiger partial charge on any atom is 0.418 e. The van der Waals surface area contributed by atoms with Gasteiger partial charge >= 0.3 is 6.18 Å². The summed E-state index contributed by atoms with van der Waals surface area (Å²) in [6.45, 7) is 1.94. The van der Waals surface area contributed by atoms with Crippen LogP contribution in [0.5, 0.6) is 0 Å². The molecule has 1 saturated heterocycles. The van der Waals surface area contributed by atoms with Gasteiger partial charge in [0.2, 0.25) is 0 Å². The summed E-state index contributed by atoms with van der Waals surface area (Å²) in [6.07, 6.45) is -4.72. The van der Waals surface area contributed by atoms with Crippen LogP contribution in [0.3, 0.4) is 0 Å². The minimum Gasteiger partial charge on any atom is -0.378 e. The molecule has 0 spiro atoms. The topological polar surface area (TPSA) is 29.5 Å². The Kier molecular flexibility index (Phi) is 3.99. The van der Waals surface area contributed by atoms with E-state index in [1.54, 1.807) is 0 Å². The van der Waals surface area contributed by atoms with E-state index >= 15 is 0 Å². The molecule has 1 aliphatic rings. The van der Waals surface area contributed by atoms with Gasteiger partial charge in [-0.15, -0.1) is 0 Å². The molecule has 1 aliphatic heterocycles. The Morgan fingerprint density at radius 1 is 1.25 bits per heavy atom. The van der Waals surface area contributed by atoms with Gasteiger partial charge in [0.25, 0.3) is 0 Å². The first kappa shape index (κ1) is 14.8. The zero-order chi connectivity index (χ0) is 14.9. The maximum absolute atomic E-state index is 14.1. The second-order valence-electron chi connectivity index (χ2n) is 4.51. The minimum absolute atomic E-state index is 0.180. The summed E-state index contributed by atoms with van der Waals surface area (Å²) in [5, 5.41) is 0. The third-order valence-electron chi connectivity index (χ3n) is 3.10. The predicted molar refractivity (Wildman–Crippen MR) is 64.4 cm³/mol. The number of morpholine rings is 1. The van der Waals surface area contributed by atoms with Crippen molar-refractivity contribution in [1.29, 1.82) is 0 Å². The highest BCUT2D eigenvalue weighted by Gasteiger charge is 2.37. The number of carbonyl (C=O) groups excluding carboxylic acids is 1. The molecule has 1 aromatic carbocycles. The van der Waals surface area contributed by atoms with Crippen molar-refractivity contribution in [2.24, 2.45) is 0 Å². The lowest BCUT2D eigenvalue weighted by atomic mass is 10.0. The number of carbonyl (C=O) groups is 1. The van der Waals surface area contributed by atoms with E-state index in [1.165, 1.54) is 4.90 Å². The molecule has 0 N–H and O–H groups in total. The lowest BCUT2D eigenvalue weighted by molar-refractivity contribution is -0.137. The van der Waals surface area contributed by atoms with Crippen LogP contribution in [0.25, 0.3) is 0 Å². The van der Waals surface area contributed by atoms with E-state index in [1.807, 2.05) is 0 Å². The van der Waals surface area contributed by atoms with Crippen LogP contribution in [0.4, 0.5) is 23.2 Å². The van der Waals surface area contributed by atoms with E-state index in [9.17, 15) is 22.4 Å². The molecule has 0 aliphatic carbocycles. The first-order chi connectivity index (χ1) is 9.30. The monoisotopic (exact) mass is 291 g/mol. The molecule has 0 aromatic heterocycles. The van der Waals surface area contributed by atoms with Crippen molar-refractivity contribution >= 4 is 11.5 Å². The van der Waals surface area contributed by atoms with Crippen LogP contribution in [-0.2, 0) is 10.9 Å². The Morgan fingerprint density at radius 2 is 1.85 bits per heavy atom. The summed E-state index contributed by atoms with van der Waals surface area (Å²) < 4.78 is 58.4. The summed E-state index contributed by atoms with van der Waals surface area (Å²) in [6, 6.07) is 1.55. The fourth-order valence-corrected chi connectivity index (χ4v) is 2.13. The molecule has 0 bridgehead atoms. The van der Waals surface area contributed by atoms with Gasteiger partial charge in [0.05, 0.1) is 24.5 Å². The van der Waals surface area contributed by atoms with Gasteiger partial charge in [-0.25, -0.2) is 4.39 Å². The first-order valence-corrected chi connectivity index (χ1v) is 6.05. The molecule has 0 radical (unpaired) electrons. The van der Waals surface area contributed by atoms with E-state index in [4.69, 9.17) is 4.74 Å². The molecule has 1 aromatic rings. The average Bonchev–Trinajstić information content (AvgIpc) is 2.37. The van der Waals surface area contributed by atoms with Crippen LogP contribution in [0.15, 0.2) is 12.1 Å². The van der Waals surface area contributed by atoms with Crippen LogP contribution in [0.1, 0.15) is 22.8 Å². The van der Waals surface area contributed by atoms with Crippen LogP contribution >= 0.6 is 0 Å². The van der Waals surface area contributed by atoms with Gasteiger partial charge in [0, 0.05) is 18.7 Å². The number of anilines is 1. The molecule has 1 heterocycles. The van der Waals surface area contributed by atoms with Gasteiger partial charge in [-0.2, -0.15) is 13.2 Å². The van der Waals surface area contributed by atoms with E-state index in [0.717, 1.165) is 13.0 Å². The molecule has 2 rings (SSSR count).